The summed E-state index contributed by atoms with van der Waals surface area (Å²) in [6, 6.07) is -0.0214. The number of piperidine rings is 1. The molecule has 0 saturated carbocycles. The summed E-state index contributed by atoms with van der Waals surface area (Å²) in [7, 11) is 1.86. The summed E-state index contributed by atoms with van der Waals surface area (Å²) in [6.45, 7) is 0.727. The molecule has 0 bridgehead atoms. The molecule has 4 rings (SSSR count). The molecule has 8 nitrogen and oxygen atoms in total. The van der Waals surface area contributed by atoms with Crippen molar-refractivity contribution in [3.8, 4) is 0 Å². The van der Waals surface area contributed by atoms with Gasteiger partial charge in [0.15, 0.2) is 10.9 Å². The van der Waals surface area contributed by atoms with E-state index in [1.807, 2.05) is 17.3 Å². The van der Waals surface area contributed by atoms with Crippen molar-refractivity contribution >= 4 is 28.2 Å². The van der Waals surface area contributed by atoms with Gasteiger partial charge in [0.05, 0.1) is 24.3 Å². The number of thiazole rings is 1. The molecule has 1 aliphatic rings. The number of carbonyl (C=O) groups is 1. The SMILES string of the molecule is Cn1cnc(C(=O)N2CCCC[C@@H]2c2csc(Nc3cnccn3)n2)c1. The molecule has 3 aromatic rings. The van der Waals surface area contributed by atoms with Gasteiger partial charge in [-0.15, -0.1) is 11.3 Å². The number of rotatable bonds is 4. The van der Waals surface area contributed by atoms with Crippen LogP contribution in [0.2, 0.25) is 0 Å². The first-order chi connectivity index (χ1) is 12.7. The smallest absolute Gasteiger partial charge is 0.274 e. The minimum Gasteiger partial charge on any atom is -0.340 e. The lowest BCUT2D eigenvalue weighted by Gasteiger charge is -2.34. The van der Waals surface area contributed by atoms with Crippen LogP contribution in [0.3, 0.4) is 0 Å². The van der Waals surface area contributed by atoms with E-state index in [9.17, 15) is 4.79 Å². The van der Waals surface area contributed by atoms with Gasteiger partial charge in [-0.3, -0.25) is 9.78 Å². The van der Waals surface area contributed by atoms with E-state index in [-0.39, 0.29) is 11.9 Å². The fourth-order valence-electron chi connectivity index (χ4n) is 3.12. The van der Waals surface area contributed by atoms with Crippen molar-refractivity contribution in [1.29, 1.82) is 0 Å². The van der Waals surface area contributed by atoms with E-state index < -0.39 is 0 Å². The van der Waals surface area contributed by atoms with Crippen LogP contribution in [-0.4, -0.2) is 41.9 Å². The number of likely N-dealkylation sites (tertiary alicyclic amines) is 1. The lowest BCUT2D eigenvalue weighted by molar-refractivity contribution is 0.0601. The minimum absolute atomic E-state index is 0.0214. The molecular weight excluding hydrogens is 350 g/mol. The molecule has 1 N–H and O–H groups in total. The number of hydrogen-bond acceptors (Lipinski definition) is 7. The molecule has 0 aliphatic carbocycles. The second-order valence-corrected chi connectivity index (χ2v) is 7.09. The molecule has 1 saturated heterocycles. The summed E-state index contributed by atoms with van der Waals surface area (Å²) in [5, 5.41) is 5.91. The molecule has 1 aliphatic heterocycles. The maximum absolute atomic E-state index is 12.9. The van der Waals surface area contributed by atoms with Crippen molar-refractivity contribution in [3.63, 3.8) is 0 Å². The number of carbonyl (C=O) groups excluding carboxylic acids is 1. The van der Waals surface area contributed by atoms with Crippen molar-refractivity contribution in [2.24, 2.45) is 7.05 Å². The van der Waals surface area contributed by atoms with Crippen LogP contribution in [0.25, 0.3) is 0 Å². The molecule has 0 aromatic carbocycles. The fourth-order valence-corrected chi connectivity index (χ4v) is 3.89. The fraction of sp³-hybridized carbons (Fsp3) is 0.353. The summed E-state index contributed by atoms with van der Waals surface area (Å²) in [5.41, 5.74) is 1.39. The second kappa shape index (κ2) is 7.20. The lowest BCUT2D eigenvalue weighted by atomic mass is 9.99. The van der Waals surface area contributed by atoms with Crippen LogP contribution in [0.5, 0.6) is 0 Å². The first-order valence-electron chi connectivity index (χ1n) is 8.48. The summed E-state index contributed by atoms with van der Waals surface area (Å²) in [6.07, 6.45) is 11.3. The van der Waals surface area contributed by atoms with Crippen LogP contribution in [0, 0.1) is 0 Å². The molecule has 1 amide bonds. The molecule has 1 fully saturated rings. The Morgan fingerprint density at radius 3 is 3.00 bits per heavy atom. The van der Waals surface area contributed by atoms with Crippen molar-refractivity contribution in [1.82, 2.24) is 29.4 Å². The largest absolute Gasteiger partial charge is 0.340 e. The Balaban J connectivity index is 1.54. The van der Waals surface area contributed by atoms with E-state index in [0.717, 1.165) is 36.6 Å². The van der Waals surface area contributed by atoms with Crippen molar-refractivity contribution < 1.29 is 4.79 Å². The number of aromatic nitrogens is 5. The molecule has 9 heteroatoms. The number of aryl methyl sites for hydroxylation is 1. The zero-order valence-corrected chi connectivity index (χ0v) is 15.2. The lowest BCUT2D eigenvalue weighted by Crippen LogP contribution is -2.38. The maximum atomic E-state index is 12.9. The van der Waals surface area contributed by atoms with Gasteiger partial charge in [-0.2, -0.15) is 0 Å². The highest BCUT2D eigenvalue weighted by molar-refractivity contribution is 7.13. The number of hydrogen-bond donors (Lipinski definition) is 1. The third-order valence-electron chi connectivity index (χ3n) is 4.35. The number of imidazole rings is 1. The Morgan fingerprint density at radius 1 is 1.31 bits per heavy atom. The predicted molar refractivity (Wildman–Crippen MR) is 98.3 cm³/mol. The van der Waals surface area contributed by atoms with Crippen LogP contribution in [0.1, 0.15) is 41.5 Å². The quantitative estimate of drug-likeness (QED) is 0.761. The van der Waals surface area contributed by atoms with Gasteiger partial charge in [0.1, 0.15) is 5.69 Å². The number of anilines is 2. The van der Waals surface area contributed by atoms with Crippen molar-refractivity contribution in [2.45, 2.75) is 25.3 Å². The van der Waals surface area contributed by atoms with Crippen LogP contribution < -0.4 is 5.32 Å². The Hall–Kier alpha value is -2.81. The topological polar surface area (TPSA) is 88.8 Å². The molecule has 0 radical (unpaired) electrons. The third kappa shape index (κ3) is 3.43. The van der Waals surface area contributed by atoms with E-state index in [2.05, 4.69) is 25.3 Å². The number of nitrogens with one attached hydrogen (secondary N) is 1. The first-order valence-corrected chi connectivity index (χ1v) is 9.36. The van der Waals surface area contributed by atoms with Gasteiger partial charge < -0.3 is 14.8 Å². The Labute approximate surface area is 155 Å². The van der Waals surface area contributed by atoms with E-state index in [1.54, 1.807) is 35.7 Å². The summed E-state index contributed by atoms with van der Waals surface area (Å²) in [5.74, 6) is 0.616. The van der Waals surface area contributed by atoms with Gasteiger partial charge in [0.25, 0.3) is 5.91 Å². The standard InChI is InChI=1S/C17H19N7OS/c1-23-9-12(20-11-23)16(25)24-7-3-2-4-14(24)13-10-26-17(21-13)22-15-8-18-5-6-19-15/h5-6,8-11,14H,2-4,7H2,1H3,(H,19,21,22)/t14-/m1/s1. The normalized spacial score (nSPS) is 17.3. The molecule has 4 heterocycles. The van der Waals surface area contributed by atoms with Crippen molar-refractivity contribution in [3.05, 3.63) is 47.9 Å². The molecule has 134 valence electrons. The third-order valence-corrected chi connectivity index (χ3v) is 5.13. The molecule has 1 atom stereocenters. The predicted octanol–water partition coefficient (Wildman–Crippen LogP) is 2.78. The molecular formula is C17H19N7OS. The average Bonchev–Trinajstić information content (AvgIpc) is 3.31. The molecule has 3 aromatic heterocycles. The van der Waals surface area contributed by atoms with Crippen LogP contribution in [-0.2, 0) is 7.05 Å². The van der Waals surface area contributed by atoms with Crippen LogP contribution in [0.15, 0.2) is 36.5 Å². The molecule has 0 unspecified atom stereocenters. The van der Waals surface area contributed by atoms with Crippen LogP contribution >= 0.6 is 11.3 Å². The minimum atomic E-state index is -0.0354. The van der Waals surface area contributed by atoms with E-state index in [4.69, 9.17) is 0 Å². The van der Waals surface area contributed by atoms with Gasteiger partial charge >= 0.3 is 0 Å². The Bertz CT molecular complexity index is 891. The summed E-state index contributed by atoms with van der Waals surface area (Å²) < 4.78 is 1.79. The van der Waals surface area contributed by atoms with E-state index in [0.29, 0.717) is 11.5 Å². The van der Waals surface area contributed by atoms with Gasteiger partial charge in [-0.1, -0.05) is 0 Å². The van der Waals surface area contributed by atoms with Crippen LogP contribution in [0.4, 0.5) is 10.9 Å². The second-order valence-electron chi connectivity index (χ2n) is 6.23. The van der Waals surface area contributed by atoms with Gasteiger partial charge in [-0.05, 0) is 19.3 Å². The zero-order chi connectivity index (χ0) is 17.9. The monoisotopic (exact) mass is 369 g/mol. The van der Waals surface area contributed by atoms with Gasteiger partial charge in [-0.25, -0.2) is 15.0 Å². The summed E-state index contributed by atoms with van der Waals surface area (Å²) >= 11 is 1.50. The van der Waals surface area contributed by atoms with Gasteiger partial charge in [0.2, 0.25) is 0 Å². The molecule has 26 heavy (non-hydrogen) atoms. The molecule has 0 spiro atoms. The highest BCUT2D eigenvalue weighted by Crippen LogP contribution is 2.34. The summed E-state index contributed by atoms with van der Waals surface area (Å²) in [4.78, 5) is 31.9. The van der Waals surface area contributed by atoms with E-state index in [1.165, 1.54) is 11.3 Å². The Kier molecular flexibility index (Phi) is 4.61. The highest BCUT2D eigenvalue weighted by atomic mass is 32.1. The zero-order valence-electron chi connectivity index (χ0n) is 14.4. The number of amides is 1. The first kappa shape index (κ1) is 16.6. The van der Waals surface area contributed by atoms with Gasteiger partial charge in [0, 0.05) is 37.6 Å². The highest BCUT2D eigenvalue weighted by Gasteiger charge is 2.31. The average molecular weight is 369 g/mol. The van der Waals surface area contributed by atoms with E-state index >= 15 is 0 Å². The van der Waals surface area contributed by atoms with Crippen molar-refractivity contribution in [2.75, 3.05) is 11.9 Å². The number of nitrogens with zero attached hydrogens (tertiary/aromatic N) is 6. The maximum Gasteiger partial charge on any atom is 0.274 e. The Morgan fingerprint density at radius 2 is 2.23 bits per heavy atom.